The van der Waals surface area contributed by atoms with Crippen molar-refractivity contribution in [2.75, 3.05) is 0 Å². The van der Waals surface area contributed by atoms with Gasteiger partial charge in [-0.25, -0.2) is 12.8 Å². The first-order chi connectivity index (χ1) is 14.9. The van der Waals surface area contributed by atoms with E-state index in [0.29, 0.717) is 5.56 Å². The monoisotopic (exact) mass is 435 g/mol. The Hall–Kier alpha value is -3.25. The third-order valence-electron chi connectivity index (χ3n) is 5.46. The fourth-order valence-electron chi connectivity index (χ4n) is 3.77. The fourth-order valence-corrected chi connectivity index (χ4v) is 5.61. The van der Waals surface area contributed by atoms with Crippen molar-refractivity contribution in [2.24, 2.45) is 0 Å². The van der Waals surface area contributed by atoms with Gasteiger partial charge in [0.05, 0.1) is 11.4 Å². The van der Waals surface area contributed by atoms with Crippen LogP contribution in [0.5, 0.6) is 0 Å². The Bertz CT molecular complexity index is 1200. The minimum atomic E-state index is -4.00. The molecule has 4 nitrogen and oxygen atoms in total. The molecule has 0 bridgehead atoms. The Morgan fingerprint density at radius 2 is 1.55 bits per heavy atom. The molecule has 0 radical (unpaired) electrons. The standard InChI is InChI=1S/C25H22FNO3S/c1-18-7-13-22(14-8-18)31(29,30)24-23(20-9-11-21(26)12-10-20)15-16-27(25(24)28)17-19-5-3-2-4-6-19/h2-16,23-24H,17H2,1H3. The number of benzene rings is 3. The van der Waals surface area contributed by atoms with Gasteiger partial charge in [0.1, 0.15) is 5.82 Å². The van der Waals surface area contributed by atoms with E-state index >= 15 is 0 Å². The van der Waals surface area contributed by atoms with Gasteiger partial charge in [0.25, 0.3) is 0 Å². The maximum atomic E-state index is 13.6. The molecule has 0 aliphatic carbocycles. The van der Waals surface area contributed by atoms with Crippen molar-refractivity contribution < 1.29 is 17.6 Å². The molecular formula is C25H22FNO3S. The SMILES string of the molecule is Cc1ccc(S(=O)(=O)C2C(=O)N(Cc3ccccc3)C=CC2c2ccc(F)cc2)cc1. The molecule has 0 N–H and O–H groups in total. The molecule has 6 heteroatoms. The molecule has 0 spiro atoms. The van der Waals surface area contributed by atoms with Crippen molar-refractivity contribution in [3.63, 3.8) is 0 Å². The van der Waals surface area contributed by atoms with Crippen LogP contribution < -0.4 is 0 Å². The fraction of sp³-hybridized carbons (Fsp3) is 0.160. The Morgan fingerprint density at radius 3 is 2.19 bits per heavy atom. The van der Waals surface area contributed by atoms with Crippen molar-refractivity contribution in [1.82, 2.24) is 4.90 Å². The highest BCUT2D eigenvalue weighted by molar-refractivity contribution is 7.92. The minimum Gasteiger partial charge on any atom is -0.314 e. The molecule has 1 heterocycles. The summed E-state index contributed by atoms with van der Waals surface area (Å²) in [6, 6.07) is 21.5. The summed E-state index contributed by atoms with van der Waals surface area (Å²) in [5, 5.41) is -1.34. The molecule has 0 fully saturated rings. The quantitative estimate of drug-likeness (QED) is 0.588. The largest absolute Gasteiger partial charge is 0.314 e. The number of rotatable bonds is 5. The highest BCUT2D eigenvalue weighted by atomic mass is 32.2. The van der Waals surface area contributed by atoms with Crippen LogP contribution in [0.2, 0.25) is 0 Å². The Kier molecular flexibility index (Phi) is 5.74. The summed E-state index contributed by atoms with van der Waals surface area (Å²) in [6.07, 6.45) is 3.35. The number of hydrogen-bond donors (Lipinski definition) is 0. The predicted octanol–water partition coefficient (Wildman–Crippen LogP) is 4.62. The zero-order valence-corrected chi connectivity index (χ0v) is 17.8. The van der Waals surface area contributed by atoms with Gasteiger partial charge in [-0.1, -0.05) is 66.2 Å². The van der Waals surface area contributed by atoms with Crippen LogP contribution in [0.3, 0.4) is 0 Å². The van der Waals surface area contributed by atoms with Gasteiger partial charge in [-0.3, -0.25) is 4.79 Å². The van der Waals surface area contributed by atoms with Crippen molar-refractivity contribution in [3.05, 3.63) is 114 Å². The number of sulfone groups is 1. The Labute approximate surface area is 181 Å². The first-order valence-electron chi connectivity index (χ1n) is 9.95. The van der Waals surface area contributed by atoms with E-state index in [1.807, 2.05) is 37.3 Å². The van der Waals surface area contributed by atoms with Crippen molar-refractivity contribution in [3.8, 4) is 0 Å². The van der Waals surface area contributed by atoms with E-state index in [2.05, 4.69) is 0 Å². The molecule has 0 aromatic heterocycles. The first kappa shape index (κ1) is 21.0. The average molecular weight is 436 g/mol. The van der Waals surface area contributed by atoms with E-state index in [0.717, 1.165) is 11.1 Å². The molecule has 1 aliphatic rings. The molecule has 0 saturated heterocycles. The molecule has 158 valence electrons. The molecule has 1 amide bonds. The van der Waals surface area contributed by atoms with Gasteiger partial charge in [0, 0.05) is 12.1 Å². The van der Waals surface area contributed by atoms with E-state index in [4.69, 9.17) is 0 Å². The van der Waals surface area contributed by atoms with Gasteiger partial charge < -0.3 is 4.90 Å². The van der Waals surface area contributed by atoms with E-state index in [1.165, 1.54) is 41.3 Å². The van der Waals surface area contributed by atoms with Gasteiger partial charge in [-0.15, -0.1) is 0 Å². The second-order valence-corrected chi connectivity index (χ2v) is 9.72. The maximum absolute atomic E-state index is 13.6. The molecule has 4 rings (SSSR count). The second-order valence-electron chi connectivity index (χ2n) is 7.65. The topological polar surface area (TPSA) is 54.5 Å². The van der Waals surface area contributed by atoms with Crippen LogP contribution in [0.1, 0.15) is 22.6 Å². The molecule has 2 unspecified atom stereocenters. The van der Waals surface area contributed by atoms with Crippen LogP contribution in [0.15, 0.2) is 96.0 Å². The number of nitrogens with zero attached hydrogens (tertiary/aromatic N) is 1. The van der Waals surface area contributed by atoms with Gasteiger partial charge in [-0.2, -0.15) is 0 Å². The predicted molar refractivity (Wildman–Crippen MR) is 117 cm³/mol. The smallest absolute Gasteiger partial charge is 0.246 e. The lowest BCUT2D eigenvalue weighted by atomic mass is 9.92. The van der Waals surface area contributed by atoms with Crippen molar-refractivity contribution in [2.45, 2.75) is 29.5 Å². The van der Waals surface area contributed by atoms with Gasteiger partial charge in [-0.05, 0) is 42.3 Å². The molecule has 31 heavy (non-hydrogen) atoms. The molecule has 0 saturated carbocycles. The summed E-state index contributed by atoms with van der Waals surface area (Å²) in [6.45, 7) is 2.14. The summed E-state index contributed by atoms with van der Waals surface area (Å²) in [5.74, 6) is -1.63. The molecule has 1 aliphatic heterocycles. The number of hydrogen-bond acceptors (Lipinski definition) is 3. The second kappa shape index (κ2) is 8.47. The average Bonchev–Trinajstić information content (AvgIpc) is 2.76. The Morgan fingerprint density at radius 1 is 0.903 bits per heavy atom. The number of carbonyl (C=O) groups excluding carboxylic acids is 1. The lowest BCUT2D eigenvalue weighted by Gasteiger charge is -2.33. The molecule has 3 aromatic carbocycles. The Balaban J connectivity index is 1.78. The number of aryl methyl sites for hydroxylation is 1. The van der Waals surface area contributed by atoms with Gasteiger partial charge in [0.2, 0.25) is 5.91 Å². The molecular weight excluding hydrogens is 413 g/mol. The highest BCUT2D eigenvalue weighted by Gasteiger charge is 2.44. The third kappa shape index (κ3) is 4.30. The lowest BCUT2D eigenvalue weighted by Crippen LogP contribution is -2.46. The normalized spacial score (nSPS) is 18.9. The summed E-state index contributed by atoms with van der Waals surface area (Å²) in [5.41, 5.74) is 2.40. The first-order valence-corrected chi connectivity index (χ1v) is 11.5. The van der Waals surface area contributed by atoms with Crippen molar-refractivity contribution in [1.29, 1.82) is 0 Å². The number of carbonyl (C=O) groups is 1. The zero-order valence-electron chi connectivity index (χ0n) is 17.0. The third-order valence-corrected chi connectivity index (χ3v) is 7.55. The van der Waals surface area contributed by atoms with E-state index in [1.54, 1.807) is 24.4 Å². The summed E-state index contributed by atoms with van der Waals surface area (Å²) >= 11 is 0. The maximum Gasteiger partial charge on any atom is 0.246 e. The highest BCUT2D eigenvalue weighted by Crippen LogP contribution is 2.35. The van der Waals surface area contributed by atoms with Crippen LogP contribution in [-0.4, -0.2) is 24.5 Å². The lowest BCUT2D eigenvalue weighted by molar-refractivity contribution is -0.129. The van der Waals surface area contributed by atoms with Crippen molar-refractivity contribution >= 4 is 15.7 Å². The summed E-state index contributed by atoms with van der Waals surface area (Å²) in [7, 11) is -4.00. The summed E-state index contributed by atoms with van der Waals surface area (Å²) < 4.78 is 40.7. The van der Waals surface area contributed by atoms with Crippen LogP contribution >= 0.6 is 0 Å². The number of amides is 1. The van der Waals surface area contributed by atoms with Crippen LogP contribution in [0, 0.1) is 12.7 Å². The van der Waals surface area contributed by atoms with Crippen LogP contribution in [-0.2, 0) is 21.2 Å². The van der Waals surface area contributed by atoms with E-state index < -0.39 is 32.7 Å². The minimum absolute atomic E-state index is 0.0959. The van der Waals surface area contributed by atoms with Gasteiger partial charge in [0.15, 0.2) is 15.1 Å². The molecule has 3 aromatic rings. The number of halogens is 1. The molecule has 2 atom stereocenters. The number of allylic oxidation sites excluding steroid dienone is 1. The van der Waals surface area contributed by atoms with Crippen LogP contribution in [0.25, 0.3) is 0 Å². The van der Waals surface area contributed by atoms with Gasteiger partial charge >= 0.3 is 0 Å². The van der Waals surface area contributed by atoms with E-state index in [-0.39, 0.29) is 11.4 Å². The van der Waals surface area contributed by atoms with Crippen LogP contribution in [0.4, 0.5) is 4.39 Å². The zero-order chi connectivity index (χ0) is 22.0. The summed E-state index contributed by atoms with van der Waals surface area (Å²) in [4.78, 5) is 15.0. The van der Waals surface area contributed by atoms with E-state index in [9.17, 15) is 17.6 Å².